The van der Waals surface area contributed by atoms with Crippen LogP contribution < -0.4 is 0 Å². The molecule has 0 heterocycles. The molecule has 0 unspecified atom stereocenters. The first-order chi connectivity index (χ1) is 0. The second kappa shape index (κ2) is 78.2. The molecule has 0 atom stereocenters. The molecule has 0 saturated carbocycles. The van der Waals surface area contributed by atoms with Crippen LogP contribution in [-0.4, -0.2) is 0 Å². The molecule has 0 aliphatic carbocycles. The van der Waals surface area contributed by atoms with E-state index >= 15 is 0 Å². The van der Waals surface area contributed by atoms with Crippen LogP contribution in [0.3, 0.4) is 0 Å². The third-order valence-electron chi connectivity index (χ3n) is 0. The molecule has 0 aromatic carbocycles. The number of hydrogen-bond acceptors (Lipinski definition) is 0. The number of hydrogen-bond donors (Lipinski definition) is 0. The molecule has 0 aromatic heterocycles. The van der Waals surface area contributed by atoms with Gasteiger partial charge in [0.05, 0.1) is 0 Å². The first kappa shape index (κ1) is 105. The molecule has 0 N–H and O–H groups in total. The van der Waals surface area contributed by atoms with Gasteiger partial charge in [0.1, 0.15) is 0 Å². The van der Waals surface area contributed by atoms with Crippen LogP contribution in [0.5, 0.6) is 0 Å². The standard InChI is InChI=1S/4ClH.Cr.Fe.2Zn/h4*1H;;;;. The molecule has 0 amide bonds. The molecule has 0 spiro atoms. The van der Waals surface area contributed by atoms with E-state index < -0.39 is 0 Å². The number of halogens is 4. The summed E-state index contributed by atoms with van der Waals surface area (Å²) in [5.41, 5.74) is 0. The Hall–Kier alpha value is 3.46. The second-order valence-electron chi connectivity index (χ2n) is 0. The van der Waals surface area contributed by atoms with Gasteiger partial charge in [0.15, 0.2) is 0 Å². The summed E-state index contributed by atoms with van der Waals surface area (Å²) in [6.07, 6.45) is 0. The molecule has 0 aliphatic heterocycles. The van der Waals surface area contributed by atoms with Gasteiger partial charge in [0.2, 0.25) is 0 Å². The van der Waals surface area contributed by atoms with Crippen molar-refractivity contribution in [1.29, 1.82) is 0 Å². The van der Waals surface area contributed by atoms with Crippen LogP contribution in [0.1, 0.15) is 0 Å². The monoisotopic (exact) mass is 380 g/mol. The minimum absolute atomic E-state index is 0. The van der Waals surface area contributed by atoms with Crippen molar-refractivity contribution in [2.24, 2.45) is 0 Å². The Morgan fingerprint density at radius 3 is 0.500 bits per heavy atom. The van der Waals surface area contributed by atoms with Crippen LogP contribution >= 0.6 is 49.6 Å². The fraction of sp³-hybridized carbons (Fsp3) is 0. The van der Waals surface area contributed by atoms with Crippen LogP contribution in [0.2, 0.25) is 0 Å². The average molecular weight is 384 g/mol. The van der Waals surface area contributed by atoms with Crippen LogP contribution in [0.4, 0.5) is 0 Å². The first-order valence-corrected chi connectivity index (χ1v) is 0. The largest absolute Gasteiger partial charge is 0.147 e. The van der Waals surface area contributed by atoms with Gasteiger partial charge in [0.25, 0.3) is 0 Å². The topological polar surface area (TPSA) is 0 Å². The Kier molecular flexibility index (Phi) is 1020. The summed E-state index contributed by atoms with van der Waals surface area (Å²) >= 11 is 0. The van der Waals surface area contributed by atoms with Gasteiger partial charge >= 0.3 is 0 Å². The fourth-order valence-corrected chi connectivity index (χ4v) is 0. The van der Waals surface area contributed by atoms with Crippen molar-refractivity contribution >= 4 is 49.6 Å². The van der Waals surface area contributed by atoms with Gasteiger partial charge < -0.3 is 0 Å². The molecule has 0 aliphatic rings. The third kappa shape index (κ3) is 56.6. The van der Waals surface area contributed by atoms with Crippen molar-refractivity contribution < 1.29 is 73.4 Å². The van der Waals surface area contributed by atoms with Crippen LogP contribution in [0.15, 0.2) is 0 Å². The van der Waals surface area contributed by atoms with E-state index in [4.69, 9.17) is 0 Å². The van der Waals surface area contributed by atoms with E-state index in [1.165, 1.54) is 0 Å². The first-order valence-electron chi connectivity index (χ1n) is 0. The van der Waals surface area contributed by atoms with Crippen LogP contribution in [0, 0.1) is 0 Å². The molecule has 0 aromatic rings. The van der Waals surface area contributed by atoms with E-state index in [2.05, 4.69) is 0 Å². The Balaban J connectivity index is 0. The Bertz CT molecular complexity index is 14.0. The molecule has 0 rings (SSSR count). The zero-order valence-electron chi connectivity index (χ0n) is 3.81. The predicted octanol–water partition coefficient (Wildman–Crippen LogP) is 1.68. The second-order valence-corrected chi connectivity index (χ2v) is 0. The van der Waals surface area contributed by atoms with Crippen LogP contribution in [-0.2, 0) is 73.4 Å². The van der Waals surface area contributed by atoms with Gasteiger partial charge in [-0.2, -0.15) is 0 Å². The molecule has 0 bridgehead atoms. The van der Waals surface area contributed by atoms with E-state index in [1.54, 1.807) is 0 Å². The van der Waals surface area contributed by atoms with Gasteiger partial charge in [-0.3, -0.25) is 0 Å². The van der Waals surface area contributed by atoms with Crippen molar-refractivity contribution in [2.45, 2.75) is 0 Å². The normalized spacial score (nSPS) is 0. The third-order valence-corrected chi connectivity index (χ3v) is 0. The van der Waals surface area contributed by atoms with E-state index in [1.807, 2.05) is 0 Å². The zero-order chi connectivity index (χ0) is 0. The maximum absolute atomic E-state index is 0. The minimum atomic E-state index is 0. The molecule has 8 heteroatoms. The summed E-state index contributed by atoms with van der Waals surface area (Å²) in [5, 5.41) is 0. The maximum atomic E-state index is 0. The van der Waals surface area contributed by atoms with Gasteiger partial charge in [-0.05, 0) is 0 Å². The predicted molar refractivity (Wildman–Crippen MR) is 29.0 cm³/mol. The molecular formula is H4Cl4CrFeZn2. The number of rotatable bonds is 0. The fourth-order valence-electron chi connectivity index (χ4n) is 0. The molecule has 0 saturated heterocycles. The SMILES string of the molecule is Cl.Cl.Cl.Cl.[Cr].[Fe].[Zn].[Zn]. The Labute approximate surface area is 121 Å². The quantitative estimate of drug-likeness (QED) is 0.558. The molecule has 0 fully saturated rings. The molecular weight excluding hydrogens is 380 g/mol. The summed E-state index contributed by atoms with van der Waals surface area (Å²) in [6.45, 7) is 0. The summed E-state index contributed by atoms with van der Waals surface area (Å²) in [5.74, 6) is 0. The van der Waals surface area contributed by atoms with Gasteiger partial charge in [-0.1, -0.05) is 0 Å². The minimum Gasteiger partial charge on any atom is -0.147 e. The van der Waals surface area contributed by atoms with Crippen molar-refractivity contribution in [1.82, 2.24) is 0 Å². The van der Waals surface area contributed by atoms with E-state index in [-0.39, 0.29) is 123 Å². The van der Waals surface area contributed by atoms with Crippen molar-refractivity contribution in [3.63, 3.8) is 0 Å². The molecule has 0 nitrogen and oxygen atoms in total. The summed E-state index contributed by atoms with van der Waals surface area (Å²) in [6, 6.07) is 0. The molecule has 50 valence electrons. The van der Waals surface area contributed by atoms with E-state index in [0.717, 1.165) is 0 Å². The molecule has 0 radical (unpaired) electrons. The Morgan fingerprint density at radius 2 is 0.500 bits per heavy atom. The van der Waals surface area contributed by atoms with Crippen LogP contribution in [0.25, 0.3) is 0 Å². The summed E-state index contributed by atoms with van der Waals surface area (Å²) in [7, 11) is 0. The maximum Gasteiger partial charge on any atom is 0 e. The average Bonchev–Trinajstić information content (AvgIpc) is 0. The smallest absolute Gasteiger partial charge is 0 e. The van der Waals surface area contributed by atoms with Crippen molar-refractivity contribution in [3.8, 4) is 0 Å². The van der Waals surface area contributed by atoms with E-state index in [9.17, 15) is 0 Å². The zero-order valence-corrected chi connectivity index (χ0v) is 15.4. The molecule has 8 heavy (non-hydrogen) atoms. The summed E-state index contributed by atoms with van der Waals surface area (Å²) in [4.78, 5) is 0. The van der Waals surface area contributed by atoms with Gasteiger partial charge in [-0.15, -0.1) is 49.6 Å². The summed E-state index contributed by atoms with van der Waals surface area (Å²) < 4.78 is 0. The van der Waals surface area contributed by atoms with Gasteiger partial charge in [-0.25, -0.2) is 0 Å². The van der Waals surface area contributed by atoms with E-state index in [0.29, 0.717) is 0 Å². The van der Waals surface area contributed by atoms with Crippen molar-refractivity contribution in [3.05, 3.63) is 0 Å². The van der Waals surface area contributed by atoms with Crippen molar-refractivity contribution in [2.75, 3.05) is 0 Å². The van der Waals surface area contributed by atoms with Gasteiger partial charge in [0, 0.05) is 73.4 Å². The Morgan fingerprint density at radius 1 is 0.500 bits per heavy atom.